The van der Waals surface area contributed by atoms with Crippen molar-refractivity contribution in [3.05, 3.63) is 0 Å². The summed E-state index contributed by atoms with van der Waals surface area (Å²) in [7, 11) is 2.11. The Morgan fingerprint density at radius 3 is 2.13 bits per heavy atom. The molecule has 0 radical (unpaired) electrons. The predicted octanol–water partition coefficient (Wildman–Crippen LogP) is 1.60. The van der Waals surface area contributed by atoms with Crippen LogP contribution in [0.2, 0.25) is 0 Å². The average Bonchev–Trinajstić information content (AvgIpc) is 2.16. The molecule has 0 amide bonds. The summed E-state index contributed by atoms with van der Waals surface area (Å²) in [5.74, 6) is 0. The van der Waals surface area contributed by atoms with Gasteiger partial charge in [0.1, 0.15) is 0 Å². The third-order valence-electron chi connectivity index (χ3n) is 3.66. The van der Waals surface area contributed by atoms with Crippen LogP contribution in [0.25, 0.3) is 0 Å². The Morgan fingerprint density at radius 1 is 1.33 bits per heavy atom. The molecule has 15 heavy (non-hydrogen) atoms. The van der Waals surface area contributed by atoms with Gasteiger partial charge >= 0.3 is 0 Å². The molecule has 0 bridgehead atoms. The van der Waals surface area contributed by atoms with E-state index in [0.717, 1.165) is 6.42 Å². The zero-order chi connectivity index (χ0) is 12.3. The second-order valence-corrected chi connectivity index (χ2v) is 5.53. The molecule has 0 saturated carbocycles. The molecule has 3 nitrogen and oxygen atoms in total. The van der Waals surface area contributed by atoms with Crippen molar-refractivity contribution in [1.82, 2.24) is 4.90 Å². The molecule has 92 valence electrons. The van der Waals surface area contributed by atoms with E-state index in [1.807, 2.05) is 0 Å². The lowest BCUT2D eigenvalue weighted by molar-refractivity contribution is 0.0107. The highest BCUT2D eigenvalue weighted by atomic mass is 16.3. The van der Waals surface area contributed by atoms with E-state index in [0.29, 0.717) is 19.0 Å². The number of rotatable bonds is 6. The molecule has 2 atom stereocenters. The monoisotopic (exact) mass is 216 g/mol. The second kappa shape index (κ2) is 5.28. The van der Waals surface area contributed by atoms with Crippen LogP contribution in [0.15, 0.2) is 0 Å². The van der Waals surface area contributed by atoms with Gasteiger partial charge in [-0.2, -0.15) is 0 Å². The van der Waals surface area contributed by atoms with Gasteiger partial charge in [-0.15, -0.1) is 0 Å². The third kappa shape index (κ3) is 4.49. The molecule has 3 heteroatoms. The molecule has 0 fully saturated rings. The Kier molecular flexibility index (Phi) is 5.24. The van der Waals surface area contributed by atoms with Crippen molar-refractivity contribution in [1.29, 1.82) is 0 Å². The van der Waals surface area contributed by atoms with Gasteiger partial charge in [-0.05, 0) is 47.6 Å². The lowest BCUT2D eigenvalue weighted by Crippen LogP contribution is -2.49. The van der Waals surface area contributed by atoms with E-state index in [2.05, 4.69) is 39.6 Å². The van der Waals surface area contributed by atoms with Crippen molar-refractivity contribution in [3.63, 3.8) is 0 Å². The predicted molar refractivity (Wildman–Crippen MR) is 65.9 cm³/mol. The Balaban J connectivity index is 4.40. The summed E-state index contributed by atoms with van der Waals surface area (Å²) in [4.78, 5) is 2.32. The van der Waals surface area contributed by atoms with E-state index in [9.17, 15) is 5.11 Å². The lowest BCUT2D eigenvalue weighted by Gasteiger charge is -2.41. The van der Waals surface area contributed by atoms with Crippen molar-refractivity contribution >= 4 is 0 Å². The Morgan fingerprint density at radius 2 is 1.80 bits per heavy atom. The Bertz CT molecular complexity index is 190. The molecule has 0 saturated heterocycles. The molecule has 0 rings (SSSR count). The largest absolute Gasteiger partial charge is 0.389 e. The first-order valence-electron chi connectivity index (χ1n) is 5.81. The molecule has 2 unspecified atom stereocenters. The molecule has 0 heterocycles. The number of aliphatic hydroxyl groups is 1. The molecule has 0 aliphatic carbocycles. The van der Waals surface area contributed by atoms with Gasteiger partial charge in [0.15, 0.2) is 0 Å². The summed E-state index contributed by atoms with van der Waals surface area (Å²) in [5, 5.41) is 9.93. The van der Waals surface area contributed by atoms with Crippen molar-refractivity contribution in [2.75, 3.05) is 13.6 Å². The van der Waals surface area contributed by atoms with Crippen LogP contribution < -0.4 is 5.73 Å². The molecular formula is C12H28N2O. The first-order chi connectivity index (χ1) is 6.66. The van der Waals surface area contributed by atoms with Gasteiger partial charge in [0.2, 0.25) is 0 Å². The van der Waals surface area contributed by atoms with E-state index in [-0.39, 0.29) is 5.54 Å². The number of nitrogens with zero attached hydrogens (tertiary/aromatic N) is 1. The summed E-state index contributed by atoms with van der Waals surface area (Å²) in [5.41, 5.74) is 4.95. The number of nitrogens with two attached hydrogens (primary N) is 1. The SMILES string of the molecule is CCC(C)(C)N(C)C(C)CC(C)(O)CN. The summed E-state index contributed by atoms with van der Waals surface area (Å²) in [6, 6.07) is 0.332. The minimum Gasteiger partial charge on any atom is -0.389 e. The van der Waals surface area contributed by atoms with Gasteiger partial charge < -0.3 is 10.8 Å². The molecular weight excluding hydrogens is 188 g/mol. The first kappa shape index (κ1) is 14.9. The number of hydrogen-bond donors (Lipinski definition) is 2. The van der Waals surface area contributed by atoms with E-state index in [4.69, 9.17) is 5.73 Å². The van der Waals surface area contributed by atoms with Crippen LogP contribution in [0.4, 0.5) is 0 Å². The maximum absolute atomic E-state index is 9.93. The van der Waals surface area contributed by atoms with Crippen LogP contribution in [-0.4, -0.2) is 40.8 Å². The van der Waals surface area contributed by atoms with Crippen LogP contribution in [0, 0.1) is 0 Å². The lowest BCUT2D eigenvalue weighted by atomic mass is 9.92. The highest BCUT2D eigenvalue weighted by Crippen LogP contribution is 2.23. The zero-order valence-corrected chi connectivity index (χ0v) is 11.2. The van der Waals surface area contributed by atoms with Gasteiger partial charge in [-0.25, -0.2) is 0 Å². The minimum atomic E-state index is -0.752. The van der Waals surface area contributed by atoms with Crippen molar-refractivity contribution < 1.29 is 5.11 Å². The van der Waals surface area contributed by atoms with Crippen LogP contribution in [0.3, 0.4) is 0 Å². The molecule has 0 spiro atoms. The van der Waals surface area contributed by atoms with Crippen molar-refractivity contribution in [3.8, 4) is 0 Å². The summed E-state index contributed by atoms with van der Waals surface area (Å²) in [6.07, 6.45) is 1.81. The minimum absolute atomic E-state index is 0.171. The standard InChI is InChI=1S/C12H28N2O/c1-7-11(3,4)14(6)10(2)8-12(5,15)9-13/h10,15H,7-9,13H2,1-6H3. The fraction of sp³-hybridized carbons (Fsp3) is 1.00. The zero-order valence-electron chi connectivity index (χ0n) is 11.2. The van der Waals surface area contributed by atoms with Crippen LogP contribution in [-0.2, 0) is 0 Å². The average molecular weight is 216 g/mol. The van der Waals surface area contributed by atoms with Crippen molar-refractivity contribution in [2.24, 2.45) is 5.73 Å². The summed E-state index contributed by atoms with van der Waals surface area (Å²) < 4.78 is 0. The fourth-order valence-electron chi connectivity index (χ4n) is 1.70. The second-order valence-electron chi connectivity index (χ2n) is 5.53. The fourth-order valence-corrected chi connectivity index (χ4v) is 1.70. The quantitative estimate of drug-likeness (QED) is 0.709. The Labute approximate surface area is 94.6 Å². The molecule has 0 aromatic carbocycles. The van der Waals surface area contributed by atoms with E-state index in [1.165, 1.54) is 0 Å². The van der Waals surface area contributed by atoms with Crippen LogP contribution in [0.5, 0.6) is 0 Å². The van der Waals surface area contributed by atoms with E-state index >= 15 is 0 Å². The van der Waals surface area contributed by atoms with Crippen molar-refractivity contribution in [2.45, 2.75) is 64.6 Å². The van der Waals surface area contributed by atoms with Gasteiger partial charge in [0.05, 0.1) is 5.60 Å². The summed E-state index contributed by atoms with van der Waals surface area (Å²) >= 11 is 0. The molecule has 3 N–H and O–H groups in total. The van der Waals surface area contributed by atoms with Gasteiger partial charge in [-0.3, -0.25) is 4.90 Å². The Hall–Kier alpha value is -0.120. The van der Waals surface area contributed by atoms with Gasteiger partial charge in [-0.1, -0.05) is 6.92 Å². The molecule has 0 aliphatic rings. The topological polar surface area (TPSA) is 49.5 Å². The van der Waals surface area contributed by atoms with Gasteiger partial charge in [0, 0.05) is 18.1 Å². The van der Waals surface area contributed by atoms with E-state index in [1.54, 1.807) is 6.92 Å². The summed E-state index contributed by atoms with van der Waals surface area (Å²) in [6.45, 7) is 10.9. The molecule has 0 aromatic rings. The molecule has 0 aromatic heterocycles. The first-order valence-corrected chi connectivity index (χ1v) is 5.81. The maximum Gasteiger partial charge on any atom is 0.0756 e. The smallest absolute Gasteiger partial charge is 0.0756 e. The molecule has 0 aliphatic heterocycles. The van der Waals surface area contributed by atoms with Gasteiger partial charge in [0.25, 0.3) is 0 Å². The highest BCUT2D eigenvalue weighted by Gasteiger charge is 2.29. The highest BCUT2D eigenvalue weighted by molar-refractivity contribution is 4.86. The number of hydrogen-bond acceptors (Lipinski definition) is 3. The third-order valence-corrected chi connectivity index (χ3v) is 3.66. The van der Waals surface area contributed by atoms with Crippen LogP contribution in [0.1, 0.15) is 47.5 Å². The maximum atomic E-state index is 9.93. The van der Waals surface area contributed by atoms with E-state index < -0.39 is 5.60 Å². The normalized spacial score (nSPS) is 19.0. The van der Waals surface area contributed by atoms with Crippen LogP contribution >= 0.6 is 0 Å².